The van der Waals surface area contributed by atoms with Crippen LogP contribution in [-0.2, 0) is 0 Å². The van der Waals surface area contributed by atoms with Gasteiger partial charge in [0.1, 0.15) is 0 Å². The van der Waals surface area contributed by atoms with Crippen molar-refractivity contribution in [2.45, 2.75) is 20.8 Å². The summed E-state index contributed by atoms with van der Waals surface area (Å²) in [5, 5.41) is 6.19. The summed E-state index contributed by atoms with van der Waals surface area (Å²) in [4.78, 5) is 0. The van der Waals surface area contributed by atoms with Crippen LogP contribution in [0.15, 0.2) is 60.7 Å². The van der Waals surface area contributed by atoms with Crippen molar-refractivity contribution in [1.29, 1.82) is 0 Å². The first-order chi connectivity index (χ1) is 8.93. The third kappa shape index (κ3) is 2.93. The average Bonchev–Trinajstić information content (AvgIpc) is 2.49. The molecule has 92 valence electrons. The fourth-order valence-corrected chi connectivity index (χ4v) is 20.7. The van der Waals surface area contributed by atoms with Crippen LogP contribution in [0, 0.1) is 0 Å². The molecule has 0 radical (unpaired) electrons. The summed E-state index contributed by atoms with van der Waals surface area (Å²) >= 11 is -1.36. The molecule has 0 spiro atoms. The first kappa shape index (κ1) is 12.6. The van der Waals surface area contributed by atoms with Gasteiger partial charge < -0.3 is 0 Å². The zero-order chi connectivity index (χ0) is 12.2. The Balaban J connectivity index is 1.65. The predicted octanol–water partition coefficient (Wildman–Crippen LogP) is 2.80. The van der Waals surface area contributed by atoms with Crippen LogP contribution in [0.2, 0.25) is 20.8 Å². The van der Waals surface area contributed by atoms with Crippen LogP contribution >= 0.6 is 0 Å². The minimum absolute atomic E-state index is 0.682. The molecule has 0 saturated carbocycles. The second kappa shape index (κ2) is 6.13. The second-order valence-corrected chi connectivity index (χ2v) is 15.1. The van der Waals surface area contributed by atoms with E-state index in [-0.39, 0.29) is 0 Å². The number of hydrogen-bond acceptors (Lipinski definition) is 0. The van der Waals surface area contributed by atoms with Gasteiger partial charge in [0, 0.05) is 0 Å². The van der Waals surface area contributed by atoms with Crippen molar-refractivity contribution in [2.24, 2.45) is 0 Å². The number of benzene rings is 2. The van der Waals surface area contributed by atoms with Crippen LogP contribution in [0.3, 0.4) is 0 Å². The summed E-state index contributed by atoms with van der Waals surface area (Å²) in [6.45, 7) is 0. The summed E-state index contributed by atoms with van der Waals surface area (Å²) in [6, 6.07) is 22.6. The van der Waals surface area contributed by atoms with Crippen LogP contribution in [0.4, 0.5) is 0 Å². The summed E-state index contributed by atoms with van der Waals surface area (Å²) in [7, 11) is 0. The Labute approximate surface area is 119 Å². The van der Waals surface area contributed by atoms with Gasteiger partial charge in [0.05, 0.1) is 0 Å². The van der Waals surface area contributed by atoms with Gasteiger partial charge in [0.2, 0.25) is 0 Å². The summed E-state index contributed by atoms with van der Waals surface area (Å²) in [6.07, 6.45) is 0. The molecule has 1 aliphatic rings. The predicted molar refractivity (Wildman–Crippen MR) is 82.9 cm³/mol. The van der Waals surface area contributed by atoms with Gasteiger partial charge in [-0.15, -0.1) is 0 Å². The zero-order valence-corrected chi connectivity index (χ0v) is 14.2. The molecule has 2 heteroatoms. The van der Waals surface area contributed by atoms with E-state index >= 15 is 0 Å². The molecule has 1 aliphatic heterocycles. The second-order valence-electron chi connectivity index (χ2n) is 4.65. The van der Waals surface area contributed by atoms with Gasteiger partial charge in [-0.3, -0.25) is 0 Å². The van der Waals surface area contributed by atoms with Crippen molar-refractivity contribution >= 4 is 38.0 Å². The Hall–Kier alpha value is -0.443. The minimum atomic E-state index is -0.682. The molecular formula is C16H18As2. The molecule has 0 amide bonds. The Bertz CT molecular complexity index is 425. The van der Waals surface area contributed by atoms with Gasteiger partial charge in [0.25, 0.3) is 0 Å². The van der Waals surface area contributed by atoms with Gasteiger partial charge in [0.15, 0.2) is 0 Å². The van der Waals surface area contributed by atoms with E-state index in [0.29, 0.717) is 0 Å². The van der Waals surface area contributed by atoms with E-state index in [1.54, 1.807) is 29.5 Å². The molecule has 2 aromatic carbocycles. The quantitative estimate of drug-likeness (QED) is 0.723. The fourth-order valence-electron chi connectivity index (χ4n) is 2.50. The van der Waals surface area contributed by atoms with Crippen molar-refractivity contribution in [3.8, 4) is 0 Å². The summed E-state index contributed by atoms with van der Waals surface area (Å²) in [5.74, 6) is 0. The van der Waals surface area contributed by atoms with E-state index in [4.69, 9.17) is 0 Å². The van der Waals surface area contributed by atoms with Gasteiger partial charge in [-0.25, -0.2) is 0 Å². The van der Waals surface area contributed by atoms with Crippen molar-refractivity contribution in [3.05, 3.63) is 60.7 Å². The maximum atomic E-state index is 2.37. The first-order valence-corrected chi connectivity index (χ1v) is 13.7. The van der Waals surface area contributed by atoms with Gasteiger partial charge in [-0.2, -0.15) is 0 Å². The molecular weight excluding hydrogens is 342 g/mol. The molecule has 3 rings (SSSR count). The number of hydrogen-bond donors (Lipinski definition) is 0. The van der Waals surface area contributed by atoms with Crippen LogP contribution in [-0.4, -0.2) is 29.3 Å². The van der Waals surface area contributed by atoms with Gasteiger partial charge >= 0.3 is 120 Å². The molecule has 1 saturated heterocycles. The number of rotatable bonds is 2. The third-order valence-corrected chi connectivity index (χ3v) is 17.6. The van der Waals surface area contributed by atoms with Crippen molar-refractivity contribution in [1.82, 2.24) is 0 Å². The molecule has 2 aromatic rings. The molecule has 0 unspecified atom stereocenters. The van der Waals surface area contributed by atoms with E-state index in [1.807, 2.05) is 0 Å². The maximum absolute atomic E-state index is 2.37. The monoisotopic (exact) mass is 360 g/mol. The Kier molecular flexibility index (Phi) is 4.29. The van der Waals surface area contributed by atoms with Crippen LogP contribution in [0.1, 0.15) is 0 Å². The van der Waals surface area contributed by atoms with Crippen LogP contribution in [0.5, 0.6) is 0 Å². The molecule has 1 fully saturated rings. The van der Waals surface area contributed by atoms with E-state index in [9.17, 15) is 0 Å². The zero-order valence-electron chi connectivity index (χ0n) is 10.5. The topological polar surface area (TPSA) is 0 Å². The van der Waals surface area contributed by atoms with Gasteiger partial charge in [-0.05, 0) is 0 Å². The Morgan fingerprint density at radius 2 is 0.833 bits per heavy atom. The fraction of sp³-hybridized carbons (Fsp3) is 0.250. The molecule has 0 N–H and O–H groups in total. The molecule has 0 nitrogen and oxygen atoms in total. The van der Waals surface area contributed by atoms with Gasteiger partial charge in [-0.1, -0.05) is 0 Å². The Morgan fingerprint density at radius 1 is 0.500 bits per heavy atom. The van der Waals surface area contributed by atoms with Crippen LogP contribution in [0.25, 0.3) is 0 Å². The Morgan fingerprint density at radius 3 is 1.17 bits per heavy atom. The van der Waals surface area contributed by atoms with Crippen molar-refractivity contribution in [2.75, 3.05) is 0 Å². The van der Waals surface area contributed by atoms with Crippen molar-refractivity contribution < 1.29 is 0 Å². The van der Waals surface area contributed by atoms with E-state index in [0.717, 1.165) is 0 Å². The van der Waals surface area contributed by atoms with E-state index < -0.39 is 29.3 Å². The molecule has 0 bridgehead atoms. The summed E-state index contributed by atoms with van der Waals surface area (Å²) < 4.78 is 3.40. The molecule has 0 aliphatic carbocycles. The summed E-state index contributed by atoms with van der Waals surface area (Å²) in [5.41, 5.74) is 0. The molecule has 1 heterocycles. The molecule has 0 atom stereocenters. The average molecular weight is 360 g/mol. The molecule has 18 heavy (non-hydrogen) atoms. The first-order valence-electron chi connectivity index (χ1n) is 6.53. The molecule has 0 aromatic heterocycles. The third-order valence-electron chi connectivity index (χ3n) is 3.52. The normalized spacial score (nSPS) is 23.8. The van der Waals surface area contributed by atoms with Crippen LogP contribution < -0.4 is 8.70 Å². The SMILES string of the molecule is c1ccc([As]2CC[As](c3ccccc3)CC2)cc1. The van der Waals surface area contributed by atoms with Crippen molar-refractivity contribution in [3.63, 3.8) is 0 Å². The standard InChI is InChI=1S/C16H18As2/c1-3-7-15(8-4-1)17-11-13-18(14-12-17)16-9-5-2-6-10-16/h1-10H,11-14H2. The van der Waals surface area contributed by atoms with E-state index in [2.05, 4.69) is 60.7 Å². The van der Waals surface area contributed by atoms with E-state index in [1.165, 1.54) is 0 Å².